The number of hydrogen-bond donors (Lipinski definition) is 1. The van der Waals surface area contributed by atoms with E-state index in [1.165, 1.54) is 12.1 Å². The van der Waals surface area contributed by atoms with Gasteiger partial charge in [0.1, 0.15) is 25.1 Å². The number of benzene rings is 2. The number of halogens is 3. The molecule has 2 aromatic carbocycles. The highest BCUT2D eigenvalue weighted by Gasteiger charge is 2.20. The minimum absolute atomic E-state index is 0.0205. The zero-order chi connectivity index (χ0) is 15.0. The van der Waals surface area contributed by atoms with E-state index >= 15 is 0 Å². The zero-order valence-electron chi connectivity index (χ0n) is 10.8. The Balaban J connectivity index is 2.00. The molecular formula is C15H11BrClFO3. The van der Waals surface area contributed by atoms with Crippen molar-refractivity contribution < 1.29 is 19.0 Å². The van der Waals surface area contributed by atoms with E-state index < -0.39 is 11.9 Å². The predicted octanol–water partition coefficient (Wildman–Crippen LogP) is 4.09. The van der Waals surface area contributed by atoms with E-state index in [2.05, 4.69) is 15.9 Å². The minimum Gasteiger partial charge on any atom is -0.486 e. The van der Waals surface area contributed by atoms with E-state index in [0.29, 0.717) is 40.3 Å². The van der Waals surface area contributed by atoms with Crippen LogP contribution in [-0.4, -0.2) is 18.3 Å². The molecule has 0 saturated heterocycles. The standard InChI is InChI=1S/C15H11BrClFO3/c16-10-7-14-13(20-3-4-21-14)6-9(10)15(19)8-1-2-11(17)12(18)5-8/h1-2,5-7,15,19H,3-4H2. The van der Waals surface area contributed by atoms with Gasteiger partial charge in [-0.3, -0.25) is 0 Å². The summed E-state index contributed by atoms with van der Waals surface area (Å²) in [6.07, 6.45) is -0.998. The molecule has 1 aliphatic heterocycles. The molecule has 0 radical (unpaired) electrons. The van der Waals surface area contributed by atoms with Gasteiger partial charge in [-0.2, -0.15) is 0 Å². The van der Waals surface area contributed by atoms with Gasteiger partial charge in [0.05, 0.1) is 5.02 Å². The van der Waals surface area contributed by atoms with Gasteiger partial charge in [0, 0.05) is 10.0 Å². The van der Waals surface area contributed by atoms with Gasteiger partial charge in [0.2, 0.25) is 0 Å². The number of hydrogen-bond acceptors (Lipinski definition) is 3. The SMILES string of the molecule is OC(c1ccc(Cl)c(F)c1)c1cc2c(cc1Br)OCCO2. The van der Waals surface area contributed by atoms with Crippen LogP contribution < -0.4 is 9.47 Å². The molecule has 1 aliphatic rings. The Bertz CT molecular complexity index is 693. The summed E-state index contributed by atoms with van der Waals surface area (Å²) in [4.78, 5) is 0. The van der Waals surface area contributed by atoms with Crippen LogP contribution in [0.3, 0.4) is 0 Å². The van der Waals surface area contributed by atoms with Gasteiger partial charge in [0.15, 0.2) is 11.5 Å². The lowest BCUT2D eigenvalue weighted by atomic mass is 10.0. The van der Waals surface area contributed by atoms with Crippen LogP contribution in [0.5, 0.6) is 11.5 Å². The molecule has 1 heterocycles. The van der Waals surface area contributed by atoms with Crippen LogP contribution in [0.15, 0.2) is 34.8 Å². The molecule has 3 nitrogen and oxygen atoms in total. The predicted molar refractivity (Wildman–Crippen MR) is 80.6 cm³/mol. The highest BCUT2D eigenvalue weighted by Crippen LogP contribution is 2.39. The molecule has 0 aromatic heterocycles. The smallest absolute Gasteiger partial charge is 0.162 e. The largest absolute Gasteiger partial charge is 0.486 e. The monoisotopic (exact) mass is 372 g/mol. The molecule has 0 amide bonds. The maximum absolute atomic E-state index is 13.5. The lowest BCUT2D eigenvalue weighted by molar-refractivity contribution is 0.169. The third kappa shape index (κ3) is 2.86. The molecule has 110 valence electrons. The Hall–Kier alpha value is -1.30. The Labute approximate surface area is 134 Å². The molecule has 0 saturated carbocycles. The second-order valence-electron chi connectivity index (χ2n) is 4.59. The molecule has 1 atom stereocenters. The van der Waals surface area contributed by atoms with Crippen molar-refractivity contribution in [3.05, 3.63) is 56.8 Å². The van der Waals surface area contributed by atoms with Gasteiger partial charge in [-0.05, 0) is 29.8 Å². The Morgan fingerprint density at radius 2 is 1.81 bits per heavy atom. The first-order chi connectivity index (χ1) is 10.1. The zero-order valence-corrected chi connectivity index (χ0v) is 13.1. The number of aliphatic hydroxyl groups excluding tert-OH is 1. The first-order valence-electron chi connectivity index (χ1n) is 6.28. The van der Waals surface area contributed by atoms with Crippen molar-refractivity contribution in [2.24, 2.45) is 0 Å². The lowest BCUT2D eigenvalue weighted by Gasteiger charge is -2.21. The average Bonchev–Trinajstić information content (AvgIpc) is 2.48. The van der Waals surface area contributed by atoms with Crippen molar-refractivity contribution in [3.8, 4) is 11.5 Å². The fourth-order valence-corrected chi connectivity index (χ4v) is 2.81. The fourth-order valence-electron chi connectivity index (χ4n) is 2.15. The molecule has 3 rings (SSSR count). The molecule has 0 fully saturated rings. The van der Waals surface area contributed by atoms with Crippen LogP contribution in [0.4, 0.5) is 4.39 Å². The second kappa shape index (κ2) is 5.83. The summed E-state index contributed by atoms with van der Waals surface area (Å²) in [6, 6.07) is 7.64. The maximum atomic E-state index is 13.5. The van der Waals surface area contributed by atoms with Crippen molar-refractivity contribution in [2.75, 3.05) is 13.2 Å². The third-order valence-corrected chi connectivity index (χ3v) is 4.21. The summed E-state index contributed by atoms with van der Waals surface area (Å²) in [5, 5.41) is 10.5. The average molecular weight is 374 g/mol. The summed E-state index contributed by atoms with van der Waals surface area (Å²) in [6.45, 7) is 0.948. The van der Waals surface area contributed by atoms with E-state index in [1.54, 1.807) is 18.2 Å². The van der Waals surface area contributed by atoms with Gasteiger partial charge in [-0.25, -0.2) is 4.39 Å². The van der Waals surface area contributed by atoms with E-state index in [1.807, 2.05) is 0 Å². The molecule has 0 aliphatic carbocycles. The number of rotatable bonds is 2. The fraction of sp³-hybridized carbons (Fsp3) is 0.200. The molecular weight excluding hydrogens is 363 g/mol. The summed E-state index contributed by atoms with van der Waals surface area (Å²) in [7, 11) is 0. The van der Waals surface area contributed by atoms with Crippen LogP contribution in [0.1, 0.15) is 17.2 Å². The Kier molecular flexibility index (Phi) is 4.06. The van der Waals surface area contributed by atoms with Crippen molar-refractivity contribution >= 4 is 27.5 Å². The van der Waals surface area contributed by atoms with Crippen LogP contribution in [0.25, 0.3) is 0 Å². The van der Waals surface area contributed by atoms with E-state index in [-0.39, 0.29) is 5.02 Å². The maximum Gasteiger partial charge on any atom is 0.162 e. The molecule has 0 bridgehead atoms. The van der Waals surface area contributed by atoms with Gasteiger partial charge >= 0.3 is 0 Å². The normalized spacial score (nSPS) is 14.9. The lowest BCUT2D eigenvalue weighted by Crippen LogP contribution is -2.16. The first-order valence-corrected chi connectivity index (χ1v) is 7.45. The van der Waals surface area contributed by atoms with Crippen LogP contribution in [0.2, 0.25) is 5.02 Å². The van der Waals surface area contributed by atoms with Crippen molar-refractivity contribution in [3.63, 3.8) is 0 Å². The molecule has 6 heteroatoms. The van der Waals surface area contributed by atoms with Crippen molar-refractivity contribution in [1.29, 1.82) is 0 Å². The Morgan fingerprint density at radius 1 is 1.14 bits per heavy atom. The summed E-state index contributed by atoms with van der Waals surface area (Å²) in [5.41, 5.74) is 0.982. The number of aliphatic hydroxyl groups is 1. The van der Waals surface area contributed by atoms with Gasteiger partial charge in [-0.15, -0.1) is 0 Å². The quantitative estimate of drug-likeness (QED) is 0.861. The van der Waals surface area contributed by atoms with Crippen molar-refractivity contribution in [2.45, 2.75) is 6.10 Å². The highest BCUT2D eigenvalue weighted by molar-refractivity contribution is 9.10. The number of ether oxygens (including phenoxy) is 2. The first kappa shape index (κ1) is 14.6. The topological polar surface area (TPSA) is 38.7 Å². The molecule has 21 heavy (non-hydrogen) atoms. The van der Waals surface area contributed by atoms with E-state index in [0.717, 1.165) is 0 Å². The minimum atomic E-state index is -0.998. The Morgan fingerprint density at radius 3 is 2.48 bits per heavy atom. The van der Waals surface area contributed by atoms with E-state index in [9.17, 15) is 9.50 Å². The molecule has 1 unspecified atom stereocenters. The van der Waals surface area contributed by atoms with Gasteiger partial charge in [-0.1, -0.05) is 33.6 Å². The summed E-state index contributed by atoms with van der Waals surface area (Å²) >= 11 is 9.05. The summed E-state index contributed by atoms with van der Waals surface area (Å²) < 4.78 is 25.2. The van der Waals surface area contributed by atoms with Crippen molar-refractivity contribution in [1.82, 2.24) is 0 Å². The van der Waals surface area contributed by atoms with Crippen LogP contribution in [-0.2, 0) is 0 Å². The summed E-state index contributed by atoms with van der Waals surface area (Å²) in [5.74, 6) is 0.612. The second-order valence-corrected chi connectivity index (χ2v) is 5.85. The van der Waals surface area contributed by atoms with E-state index in [4.69, 9.17) is 21.1 Å². The third-order valence-electron chi connectivity index (χ3n) is 3.22. The molecule has 0 spiro atoms. The highest BCUT2D eigenvalue weighted by atomic mass is 79.9. The van der Waals surface area contributed by atoms with Gasteiger partial charge < -0.3 is 14.6 Å². The number of fused-ring (bicyclic) bond motifs is 1. The van der Waals surface area contributed by atoms with Gasteiger partial charge in [0.25, 0.3) is 0 Å². The van der Waals surface area contributed by atoms with Crippen LogP contribution >= 0.6 is 27.5 Å². The molecule has 1 N–H and O–H groups in total. The van der Waals surface area contributed by atoms with Crippen LogP contribution in [0, 0.1) is 5.82 Å². The molecule has 2 aromatic rings.